The van der Waals surface area contributed by atoms with Gasteiger partial charge in [-0.25, -0.2) is 4.98 Å². The van der Waals surface area contributed by atoms with Crippen LogP contribution in [0.3, 0.4) is 0 Å². The number of carbonyl (C=O) groups is 1. The molecule has 1 aromatic heterocycles. The molecule has 0 saturated heterocycles. The van der Waals surface area contributed by atoms with Gasteiger partial charge in [-0.1, -0.05) is 0 Å². The molecule has 0 aliphatic rings. The van der Waals surface area contributed by atoms with Crippen LogP contribution in [-0.2, 0) is 6.42 Å². The molecule has 1 aromatic carbocycles. The van der Waals surface area contributed by atoms with E-state index in [0.717, 1.165) is 29.4 Å². The van der Waals surface area contributed by atoms with Gasteiger partial charge < -0.3 is 10.6 Å². The molecule has 1 heterocycles. The maximum Gasteiger partial charge on any atom is 0.251 e. The minimum absolute atomic E-state index is 0.0404. The van der Waals surface area contributed by atoms with E-state index in [1.165, 1.54) is 0 Å². The summed E-state index contributed by atoms with van der Waals surface area (Å²) in [7, 11) is 0. The molecule has 2 aromatic rings. The van der Waals surface area contributed by atoms with Crippen molar-refractivity contribution in [1.82, 2.24) is 10.3 Å². The van der Waals surface area contributed by atoms with Crippen molar-refractivity contribution in [2.24, 2.45) is 0 Å². The first kappa shape index (κ1) is 14.5. The SMILES string of the molecule is CCNc1ccc(C(=O)NCCc2nc(C)cs2)cc1. The molecule has 0 atom stereocenters. The third-order valence-electron chi connectivity index (χ3n) is 2.82. The van der Waals surface area contributed by atoms with E-state index in [0.29, 0.717) is 12.1 Å². The Morgan fingerprint density at radius 2 is 2.05 bits per heavy atom. The maximum atomic E-state index is 12.0. The van der Waals surface area contributed by atoms with Crippen LogP contribution < -0.4 is 10.6 Å². The first-order valence-corrected chi connectivity index (χ1v) is 7.60. The lowest BCUT2D eigenvalue weighted by molar-refractivity contribution is 0.0954. The van der Waals surface area contributed by atoms with Gasteiger partial charge in [-0.05, 0) is 38.1 Å². The van der Waals surface area contributed by atoms with E-state index < -0.39 is 0 Å². The zero-order valence-electron chi connectivity index (χ0n) is 11.8. The number of nitrogens with zero attached hydrogens (tertiary/aromatic N) is 1. The van der Waals surface area contributed by atoms with Crippen LogP contribution in [0.2, 0.25) is 0 Å². The van der Waals surface area contributed by atoms with Crippen LogP contribution in [0.5, 0.6) is 0 Å². The van der Waals surface area contributed by atoms with Crippen molar-refractivity contribution < 1.29 is 4.79 Å². The van der Waals surface area contributed by atoms with Crippen LogP contribution in [0.1, 0.15) is 28.0 Å². The molecule has 0 aliphatic carbocycles. The molecule has 0 unspecified atom stereocenters. The van der Waals surface area contributed by atoms with Gasteiger partial charge in [-0.15, -0.1) is 11.3 Å². The van der Waals surface area contributed by atoms with Crippen LogP contribution in [0.15, 0.2) is 29.6 Å². The maximum absolute atomic E-state index is 12.0. The second-order valence-electron chi connectivity index (χ2n) is 4.50. The highest BCUT2D eigenvalue weighted by molar-refractivity contribution is 7.09. The van der Waals surface area contributed by atoms with E-state index >= 15 is 0 Å². The molecule has 2 N–H and O–H groups in total. The largest absolute Gasteiger partial charge is 0.385 e. The molecule has 20 heavy (non-hydrogen) atoms. The Morgan fingerprint density at radius 3 is 2.65 bits per heavy atom. The van der Waals surface area contributed by atoms with Crippen molar-refractivity contribution in [3.05, 3.63) is 45.9 Å². The average Bonchev–Trinajstić information content (AvgIpc) is 2.85. The average molecular weight is 289 g/mol. The van der Waals surface area contributed by atoms with Crippen LogP contribution in [0.25, 0.3) is 0 Å². The van der Waals surface area contributed by atoms with Gasteiger partial charge in [-0.3, -0.25) is 4.79 Å². The van der Waals surface area contributed by atoms with Gasteiger partial charge in [0.2, 0.25) is 0 Å². The Morgan fingerprint density at radius 1 is 1.30 bits per heavy atom. The molecule has 5 heteroatoms. The number of amides is 1. The zero-order valence-corrected chi connectivity index (χ0v) is 12.6. The lowest BCUT2D eigenvalue weighted by Gasteiger charge is -2.06. The number of carbonyl (C=O) groups excluding carboxylic acids is 1. The van der Waals surface area contributed by atoms with Crippen LogP contribution in [0, 0.1) is 6.92 Å². The molecular weight excluding hydrogens is 270 g/mol. The number of aryl methyl sites for hydroxylation is 1. The third-order valence-corrected chi connectivity index (χ3v) is 3.85. The van der Waals surface area contributed by atoms with Crippen LogP contribution in [0.4, 0.5) is 5.69 Å². The van der Waals surface area contributed by atoms with Gasteiger partial charge in [0, 0.05) is 41.8 Å². The molecule has 2 rings (SSSR count). The van der Waals surface area contributed by atoms with E-state index in [1.54, 1.807) is 11.3 Å². The fraction of sp³-hybridized carbons (Fsp3) is 0.333. The van der Waals surface area contributed by atoms with Crippen molar-refractivity contribution in [2.75, 3.05) is 18.4 Å². The molecule has 0 aliphatic heterocycles. The van der Waals surface area contributed by atoms with E-state index in [1.807, 2.05) is 43.5 Å². The number of nitrogens with one attached hydrogen (secondary N) is 2. The normalized spacial score (nSPS) is 10.3. The lowest BCUT2D eigenvalue weighted by atomic mass is 10.2. The minimum Gasteiger partial charge on any atom is -0.385 e. The number of hydrogen-bond donors (Lipinski definition) is 2. The number of anilines is 1. The Labute approximate surface area is 123 Å². The number of aromatic nitrogens is 1. The minimum atomic E-state index is -0.0404. The molecule has 0 fully saturated rings. The summed E-state index contributed by atoms with van der Waals surface area (Å²) in [5.74, 6) is -0.0404. The molecule has 106 valence electrons. The summed E-state index contributed by atoms with van der Waals surface area (Å²) in [5.41, 5.74) is 2.75. The molecule has 0 radical (unpaired) electrons. The lowest BCUT2D eigenvalue weighted by Crippen LogP contribution is -2.25. The third kappa shape index (κ3) is 4.06. The first-order valence-electron chi connectivity index (χ1n) is 6.72. The van der Waals surface area contributed by atoms with Gasteiger partial charge in [0.05, 0.1) is 5.01 Å². The number of rotatable bonds is 6. The van der Waals surface area contributed by atoms with Crippen molar-refractivity contribution in [2.45, 2.75) is 20.3 Å². The highest BCUT2D eigenvalue weighted by Gasteiger charge is 2.05. The second kappa shape index (κ2) is 7.05. The molecule has 4 nitrogen and oxygen atoms in total. The predicted octanol–water partition coefficient (Wildman–Crippen LogP) is 2.86. The number of benzene rings is 1. The number of hydrogen-bond acceptors (Lipinski definition) is 4. The standard InChI is InChI=1S/C15H19N3OS/c1-3-16-13-6-4-12(5-7-13)15(19)17-9-8-14-18-11(2)10-20-14/h4-7,10,16H,3,8-9H2,1-2H3,(H,17,19). The summed E-state index contributed by atoms with van der Waals surface area (Å²) in [4.78, 5) is 16.3. The van der Waals surface area contributed by atoms with Gasteiger partial charge in [0.15, 0.2) is 0 Å². The van der Waals surface area contributed by atoms with Gasteiger partial charge in [-0.2, -0.15) is 0 Å². The Balaban J connectivity index is 1.82. The summed E-state index contributed by atoms with van der Waals surface area (Å²) in [6.07, 6.45) is 0.778. The van der Waals surface area contributed by atoms with E-state index in [4.69, 9.17) is 0 Å². The smallest absolute Gasteiger partial charge is 0.251 e. The molecule has 1 amide bonds. The molecule has 0 spiro atoms. The quantitative estimate of drug-likeness (QED) is 0.860. The van der Waals surface area contributed by atoms with Crippen molar-refractivity contribution >= 4 is 22.9 Å². The van der Waals surface area contributed by atoms with Crippen molar-refractivity contribution in [1.29, 1.82) is 0 Å². The van der Waals surface area contributed by atoms with E-state index in [-0.39, 0.29) is 5.91 Å². The summed E-state index contributed by atoms with van der Waals surface area (Å²) in [6.45, 7) is 5.50. The van der Waals surface area contributed by atoms with Gasteiger partial charge in [0.1, 0.15) is 0 Å². The number of thiazole rings is 1. The van der Waals surface area contributed by atoms with E-state index in [9.17, 15) is 4.79 Å². The fourth-order valence-corrected chi connectivity index (χ4v) is 2.62. The monoisotopic (exact) mass is 289 g/mol. The molecular formula is C15H19N3OS. The second-order valence-corrected chi connectivity index (χ2v) is 5.44. The summed E-state index contributed by atoms with van der Waals surface area (Å²) >= 11 is 1.63. The first-order chi connectivity index (χ1) is 9.69. The highest BCUT2D eigenvalue weighted by Crippen LogP contribution is 2.10. The molecule has 0 saturated carbocycles. The van der Waals surface area contributed by atoms with Crippen LogP contribution in [-0.4, -0.2) is 24.0 Å². The predicted molar refractivity (Wildman–Crippen MR) is 83.5 cm³/mol. The fourth-order valence-electron chi connectivity index (χ4n) is 1.85. The highest BCUT2D eigenvalue weighted by atomic mass is 32.1. The Kier molecular flexibility index (Phi) is 5.12. The van der Waals surface area contributed by atoms with Crippen LogP contribution >= 0.6 is 11.3 Å². The summed E-state index contributed by atoms with van der Waals surface area (Å²) < 4.78 is 0. The topological polar surface area (TPSA) is 54.0 Å². The Bertz CT molecular complexity index is 563. The van der Waals surface area contributed by atoms with Crippen molar-refractivity contribution in [3.63, 3.8) is 0 Å². The van der Waals surface area contributed by atoms with E-state index in [2.05, 4.69) is 15.6 Å². The zero-order chi connectivity index (χ0) is 14.4. The summed E-state index contributed by atoms with van der Waals surface area (Å²) in [6, 6.07) is 7.51. The van der Waals surface area contributed by atoms with Gasteiger partial charge in [0.25, 0.3) is 5.91 Å². The van der Waals surface area contributed by atoms with Crippen molar-refractivity contribution in [3.8, 4) is 0 Å². The van der Waals surface area contributed by atoms with Gasteiger partial charge >= 0.3 is 0 Å². The Hall–Kier alpha value is -1.88. The summed E-state index contributed by atoms with van der Waals surface area (Å²) in [5, 5.41) is 9.20. The molecule has 0 bridgehead atoms.